The molecule has 1 atom stereocenters. The number of sulfonamides is 1. The van der Waals surface area contributed by atoms with E-state index in [0.29, 0.717) is 17.3 Å². The van der Waals surface area contributed by atoms with Crippen molar-refractivity contribution in [3.63, 3.8) is 0 Å². The minimum Gasteiger partial charge on any atom is -0.480 e. The van der Waals surface area contributed by atoms with Crippen LogP contribution in [0, 0.1) is 0 Å². The number of carbonyl (C=O) groups is 1. The minimum atomic E-state index is -3.75. The first-order valence-electron chi connectivity index (χ1n) is 5.29. The zero-order chi connectivity index (χ0) is 13.6. The van der Waals surface area contributed by atoms with Crippen molar-refractivity contribution in [3.05, 3.63) is 15.9 Å². The smallest absolute Gasteiger partial charge is 0.324 e. The van der Waals surface area contributed by atoms with Gasteiger partial charge in [-0.1, -0.05) is 0 Å². The highest BCUT2D eigenvalue weighted by atomic mass is 79.9. The van der Waals surface area contributed by atoms with Crippen molar-refractivity contribution in [2.24, 2.45) is 0 Å². The maximum atomic E-state index is 12.5. The molecule has 1 aliphatic heterocycles. The second kappa shape index (κ2) is 4.59. The molecule has 0 spiro atoms. The SMILES string of the molecule is CC1(C(=O)O)CCCN1S(=O)(=O)c1sccc1Br. The van der Waals surface area contributed by atoms with Gasteiger partial charge in [0.2, 0.25) is 0 Å². The van der Waals surface area contributed by atoms with Gasteiger partial charge in [0.05, 0.1) is 0 Å². The van der Waals surface area contributed by atoms with Crippen LogP contribution in [0.4, 0.5) is 0 Å². The van der Waals surface area contributed by atoms with Crippen LogP contribution in [-0.4, -0.2) is 35.9 Å². The number of carboxylic acid groups (broad SMARTS) is 1. The Hall–Kier alpha value is -0.440. The van der Waals surface area contributed by atoms with E-state index in [0.717, 1.165) is 15.6 Å². The van der Waals surface area contributed by atoms with Crippen LogP contribution in [0.2, 0.25) is 0 Å². The first kappa shape index (κ1) is 14.0. The van der Waals surface area contributed by atoms with Gasteiger partial charge in [-0.05, 0) is 47.1 Å². The largest absolute Gasteiger partial charge is 0.480 e. The van der Waals surface area contributed by atoms with E-state index in [-0.39, 0.29) is 10.8 Å². The fourth-order valence-electron chi connectivity index (χ4n) is 2.10. The third-order valence-corrected chi connectivity index (χ3v) is 7.81. The maximum Gasteiger partial charge on any atom is 0.324 e. The lowest BCUT2D eigenvalue weighted by Crippen LogP contribution is -2.50. The Morgan fingerprint density at radius 1 is 1.61 bits per heavy atom. The first-order valence-corrected chi connectivity index (χ1v) is 8.40. The molecule has 1 aromatic heterocycles. The van der Waals surface area contributed by atoms with Gasteiger partial charge in [-0.25, -0.2) is 8.42 Å². The molecule has 0 bridgehead atoms. The highest BCUT2D eigenvalue weighted by Crippen LogP contribution is 2.38. The molecule has 0 aromatic carbocycles. The van der Waals surface area contributed by atoms with Crippen LogP contribution in [0.25, 0.3) is 0 Å². The van der Waals surface area contributed by atoms with E-state index in [1.165, 1.54) is 6.92 Å². The highest BCUT2D eigenvalue weighted by molar-refractivity contribution is 9.10. The summed E-state index contributed by atoms with van der Waals surface area (Å²) in [6.07, 6.45) is 0.898. The molecule has 18 heavy (non-hydrogen) atoms. The molecule has 8 heteroatoms. The van der Waals surface area contributed by atoms with E-state index < -0.39 is 21.5 Å². The molecule has 2 heterocycles. The predicted octanol–water partition coefficient (Wildman–Crippen LogP) is 2.14. The third-order valence-electron chi connectivity index (χ3n) is 3.14. The zero-order valence-corrected chi connectivity index (χ0v) is 12.8. The van der Waals surface area contributed by atoms with Gasteiger partial charge in [0.1, 0.15) is 9.75 Å². The summed E-state index contributed by atoms with van der Waals surface area (Å²) in [6, 6.07) is 1.64. The number of rotatable bonds is 3. The fourth-order valence-corrected chi connectivity index (χ4v) is 6.32. The quantitative estimate of drug-likeness (QED) is 0.903. The van der Waals surface area contributed by atoms with Crippen molar-refractivity contribution in [2.45, 2.75) is 29.5 Å². The van der Waals surface area contributed by atoms with Crippen LogP contribution in [0.5, 0.6) is 0 Å². The molecule has 0 saturated carbocycles. The standard InChI is InChI=1S/C10H12BrNO4S2/c1-10(9(13)14)4-2-5-12(10)18(15,16)8-7(11)3-6-17-8/h3,6H,2,4-5H2,1H3,(H,13,14). The summed E-state index contributed by atoms with van der Waals surface area (Å²) in [6.45, 7) is 1.71. The second-order valence-electron chi connectivity index (χ2n) is 4.32. The lowest BCUT2D eigenvalue weighted by Gasteiger charge is -2.29. The van der Waals surface area contributed by atoms with Crippen LogP contribution in [0.15, 0.2) is 20.1 Å². The first-order chi connectivity index (χ1) is 8.30. The number of hydrogen-bond acceptors (Lipinski definition) is 4. The highest BCUT2D eigenvalue weighted by Gasteiger charge is 2.50. The zero-order valence-electron chi connectivity index (χ0n) is 9.59. The lowest BCUT2D eigenvalue weighted by atomic mass is 10.0. The Bertz CT molecular complexity index is 582. The molecule has 1 saturated heterocycles. The van der Waals surface area contributed by atoms with E-state index in [1.807, 2.05) is 0 Å². The van der Waals surface area contributed by atoms with Crippen molar-refractivity contribution in [1.82, 2.24) is 4.31 Å². The number of halogens is 1. The van der Waals surface area contributed by atoms with E-state index in [9.17, 15) is 18.3 Å². The summed E-state index contributed by atoms with van der Waals surface area (Å²) >= 11 is 4.27. The van der Waals surface area contributed by atoms with Crippen LogP contribution >= 0.6 is 27.3 Å². The van der Waals surface area contributed by atoms with Gasteiger partial charge in [-0.2, -0.15) is 4.31 Å². The number of carboxylic acids is 1. The van der Waals surface area contributed by atoms with Gasteiger partial charge in [-0.3, -0.25) is 4.79 Å². The monoisotopic (exact) mass is 353 g/mol. The summed E-state index contributed by atoms with van der Waals surface area (Å²) in [5.74, 6) is -1.10. The summed E-state index contributed by atoms with van der Waals surface area (Å²) in [5.41, 5.74) is -1.34. The molecule has 1 unspecified atom stereocenters. The van der Waals surface area contributed by atoms with Gasteiger partial charge in [-0.15, -0.1) is 11.3 Å². The number of aliphatic carboxylic acids is 1. The minimum absolute atomic E-state index is 0.164. The van der Waals surface area contributed by atoms with Crippen LogP contribution < -0.4 is 0 Å². The van der Waals surface area contributed by atoms with Crippen molar-refractivity contribution in [1.29, 1.82) is 0 Å². The van der Waals surface area contributed by atoms with Crippen LogP contribution in [0.3, 0.4) is 0 Å². The van der Waals surface area contributed by atoms with Gasteiger partial charge in [0, 0.05) is 11.0 Å². The normalized spacial score (nSPS) is 25.4. The Morgan fingerprint density at radius 3 is 2.78 bits per heavy atom. The topological polar surface area (TPSA) is 74.7 Å². The molecule has 5 nitrogen and oxygen atoms in total. The molecular weight excluding hydrogens is 342 g/mol. The number of hydrogen-bond donors (Lipinski definition) is 1. The Morgan fingerprint density at radius 2 is 2.28 bits per heavy atom. The third kappa shape index (κ3) is 2.01. The van der Waals surface area contributed by atoms with E-state index >= 15 is 0 Å². The molecule has 0 amide bonds. The average molecular weight is 354 g/mol. The van der Waals surface area contributed by atoms with Crippen molar-refractivity contribution >= 4 is 43.3 Å². The van der Waals surface area contributed by atoms with Gasteiger partial charge in [0.25, 0.3) is 10.0 Å². The summed E-state index contributed by atoms with van der Waals surface area (Å²) < 4.78 is 26.7. The summed E-state index contributed by atoms with van der Waals surface area (Å²) in [5, 5.41) is 10.9. The van der Waals surface area contributed by atoms with Crippen molar-refractivity contribution < 1.29 is 18.3 Å². The molecule has 1 aliphatic rings. The molecular formula is C10H12BrNO4S2. The Kier molecular flexibility index (Phi) is 3.56. The Labute approximate surface area is 118 Å². The number of nitrogens with zero attached hydrogens (tertiary/aromatic N) is 1. The fraction of sp³-hybridized carbons (Fsp3) is 0.500. The Balaban J connectivity index is 2.49. The molecule has 1 fully saturated rings. The van der Waals surface area contributed by atoms with Crippen LogP contribution in [0.1, 0.15) is 19.8 Å². The summed E-state index contributed by atoms with van der Waals surface area (Å²) in [7, 11) is -3.75. The molecule has 2 rings (SSSR count). The molecule has 0 radical (unpaired) electrons. The maximum absolute atomic E-state index is 12.5. The van der Waals surface area contributed by atoms with Crippen molar-refractivity contribution in [3.8, 4) is 0 Å². The van der Waals surface area contributed by atoms with E-state index in [1.54, 1.807) is 11.4 Å². The summed E-state index contributed by atoms with van der Waals surface area (Å²) in [4.78, 5) is 11.3. The van der Waals surface area contributed by atoms with E-state index in [2.05, 4.69) is 15.9 Å². The average Bonchev–Trinajstić information content (AvgIpc) is 2.85. The van der Waals surface area contributed by atoms with Crippen LogP contribution in [-0.2, 0) is 14.8 Å². The predicted molar refractivity (Wildman–Crippen MR) is 71.2 cm³/mol. The van der Waals surface area contributed by atoms with Gasteiger partial charge < -0.3 is 5.11 Å². The molecule has 0 aliphatic carbocycles. The van der Waals surface area contributed by atoms with E-state index in [4.69, 9.17) is 0 Å². The van der Waals surface area contributed by atoms with Crippen molar-refractivity contribution in [2.75, 3.05) is 6.54 Å². The molecule has 1 aromatic rings. The van der Waals surface area contributed by atoms with Gasteiger partial charge >= 0.3 is 5.97 Å². The van der Waals surface area contributed by atoms with Gasteiger partial charge in [0.15, 0.2) is 0 Å². The molecule has 1 N–H and O–H groups in total. The molecule has 100 valence electrons. The number of thiophene rings is 1. The lowest BCUT2D eigenvalue weighted by molar-refractivity contribution is -0.146. The second-order valence-corrected chi connectivity index (χ2v) is 8.14.